The van der Waals surface area contributed by atoms with Crippen LogP contribution < -0.4 is 5.69 Å². The normalized spacial score (nSPS) is 11.0. The Balaban J connectivity index is 2.22. The second kappa shape index (κ2) is 3.80. The van der Waals surface area contributed by atoms with Gasteiger partial charge in [0.2, 0.25) is 0 Å². The molecule has 0 unspecified atom stereocenters. The Morgan fingerprint density at radius 3 is 2.89 bits per heavy atom. The van der Waals surface area contributed by atoms with E-state index in [0.717, 1.165) is 22.3 Å². The number of fused-ring (bicyclic) bond motifs is 1. The number of aromatic amines is 1. The molecule has 90 valence electrons. The Labute approximate surface area is 103 Å². The van der Waals surface area contributed by atoms with Gasteiger partial charge >= 0.3 is 5.69 Å². The Kier molecular flexibility index (Phi) is 2.26. The van der Waals surface area contributed by atoms with Gasteiger partial charge in [-0.3, -0.25) is 0 Å². The summed E-state index contributed by atoms with van der Waals surface area (Å²) in [5.74, 6) is 0. The number of hydrogen-bond acceptors (Lipinski definition) is 3. The minimum Gasteiger partial charge on any atom is -0.334 e. The van der Waals surface area contributed by atoms with E-state index in [-0.39, 0.29) is 5.69 Å². The zero-order valence-corrected chi connectivity index (χ0v) is 10.1. The average molecular weight is 240 g/mol. The molecule has 3 rings (SSSR count). The summed E-state index contributed by atoms with van der Waals surface area (Å²) in [7, 11) is 1.95. The van der Waals surface area contributed by atoms with Crippen molar-refractivity contribution in [1.29, 1.82) is 0 Å². The van der Waals surface area contributed by atoms with Crippen molar-refractivity contribution in [2.24, 2.45) is 7.05 Å². The molecular formula is C13H12N4O. The molecule has 0 atom stereocenters. The third-order valence-corrected chi connectivity index (χ3v) is 2.90. The second-order valence-corrected chi connectivity index (χ2v) is 4.31. The highest BCUT2D eigenvalue weighted by molar-refractivity contribution is 5.81. The zero-order chi connectivity index (χ0) is 12.7. The Morgan fingerprint density at radius 2 is 2.11 bits per heavy atom. The maximum absolute atomic E-state index is 11.4. The van der Waals surface area contributed by atoms with E-state index in [0.29, 0.717) is 5.69 Å². The summed E-state index contributed by atoms with van der Waals surface area (Å²) < 4.78 is 1.95. The molecule has 3 aromatic rings. The summed E-state index contributed by atoms with van der Waals surface area (Å²) in [6, 6.07) is 7.73. The fourth-order valence-corrected chi connectivity index (χ4v) is 2.02. The number of H-pyrrole nitrogens is 1. The number of nitrogens with zero attached hydrogens (tertiary/aromatic N) is 3. The van der Waals surface area contributed by atoms with Gasteiger partial charge in [0.05, 0.1) is 23.1 Å². The summed E-state index contributed by atoms with van der Waals surface area (Å²) in [6.45, 7) is 1.84. The molecule has 0 spiro atoms. The average Bonchev–Trinajstić information content (AvgIpc) is 2.69. The molecule has 0 fully saturated rings. The van der Waals surface area contributed by atoms with Crippen LogP contribution in [0.4, 0.5) is 0 Å². The van der Waals surface area contributed by atoms with Gasteiger partial charge in [0.1, 0.15) is 0 Å². The van der Waals surface area contributed by atoms with Gasteiger partial charge in [-0.05, 0) is 25.1 Å². The maximum atomic E-state index is 11.4. The molecule has 2 aromatic heterocycles. The number of aryl methyl sites for hydroxylation is 2. The van der Waals surface area contributed by atoms with E-state index < -0.39 is 0 Å². The lowest BCUT2D eigenvalue weighted by Gasteiger charge is -2.02. The van der Waals surface area contributed by atoms with Gasteiger partial charge in [0.25, 0.3) is 0 Å². The Hall–Kier alpha value is -2.43. The van der Waals surface area contributed by atoms with Crippen molar-refractivity contribution in [3.05, 3.63) is 46.8 Å². The lowest BCUT2D eigenvalue weighted by Crippen LogP contribution is -2.11. The van der Waals surface area contributed by atoms with Crippen LogP contribution in [0.25, 0.3) is 22.3 Å². The predicted molar refractivity (Wildman–Crippen MR) is 69.3 cm³/mol. The monoisotopic (exact) mass is 240 g/mol. The quantitative estimate of drug-likeness (QED) is 0.703. The first-order valence-corrected chi connectivity index (χ1v) is 5.63. The van der Waals surface area contributed by atoms with Crippen LogP contribution in [0, 0.1) is 6.92 Å². The van der Waals surface area contributed by atoms with Crippen LogP contribution in [0.5, 0.6) is 0 Å². The van der Waals surface area contributed by atoms with Crippen molar-refractivity contribution in [1.82, 2.24) is 19.5 Å². The SMILES string of the molecule is Cc1cc(-c2ccc3c(c2)ncn3C)nc(=O)[nH]1. The van der Waals surface area contributed by atoms with E-state index in [2.05, 4.69) is 15.0 Å². The van der Waals surface area contributed by atoms with E-state index in [9.17, 15) is 4.79 Å². The number of imidazole rings is 1. The molecule has 0 amide bonds. The van der Waals surface area contributed by atoms with Gasteiger partial charge in [-0.25, -0.2) is 9.78 Å². The van der Waals surface area contributed by atoms with Crippen LogP contribution >= 0.6 is 0 Å². The van der Waals surface area contributed by atoms with E-state index in [1.807, 2.05) is 42.8 Å². The van der Waals surface area contributed by atoms with E-state index in [4.69, 9.17) is 0 Å². The van der Waals surface area contributed by atoms with Crippen LogP contribution in [0.1, 0.15) is 5.69 Å². The van der Waals surface area contributed by atoms with E-state index >= 15 is 0 Å². The first-order chi connectivity index (χ1) is 8.63. The molecule has 0 saturated heterocycles. The van der Waals surface area contributed by atoms with Crippen molar-refractivity contribution in [3.63, 3.8) is 0 Å². The van der Waals surface area contributed by atoms with Crippen molar-refractivity contribution in [2.45, 2.75) is 6.92 Å². The summed E-state index contributed by atoms with van der Waals surface area (Å²) in [5, 5.41) is 0. The van der Waals surface area contributed by atoms with E-state index in [1.165, 1.54) is 0 Å². The highest BCUT2D eigenvalue weighted by atomic mass is 16.1. The van der Waals surface area contributed by atoms with E-state index in [1.54, 1.807) is 6.33 Å². The fraction of sp³-hybridized carbons (Fsp3) is 0.154. The molecule has 18 heavy (non-hydrogen) atoms. The molecule has 1 aromatic carbocycles. The molecule has 5 nitrogen and oxygen atoms in total. The predicted octanol–water partition coefficient (Wildman–Crippen LogP) is 1.63. The smallest absolute Gasteiger partial charge is 0.334 e. The first kappa shape index (κ1) is 10.7. The third-order valence-electron chi connectivity index (χ3n) is 2.90. The lowest BCUT2D eigenvalue weighted by molar-refractivity contribution is 0.947. The van der Waals surface area contributed by atoms with Crippen molar-refractivity contribution >= 4 is 11.0 Å². The third kappa shape index (κ3) is 1.69. The number of nitrogens with one attached hydrogen (secondary N) is 1. The van der Waals surface area contributed by atoms with Crippen LogP contribution in [-0.4, -0.2) is 19.5 Å². The standard InChI is InChI=1S/C13H12N4O/c1-8-5-10(16-13(18)15-8)9-3-4-12-11(6-9)14-7-17(12)2/h3-7H,1-2H3,(H,15,16,18). The molecule has 0 aliphatic carbocycles. The molecule has 0 aliphatic heterocycles. The molecule has 2 heterocycles. The highest BCUT2D eigenvalue weighted by Gasteiger charge is 2.05. The molecule has 1 N–H and O–H groups in total. The minimum absolute atomic E-state index is 0.328. The summed E-state index contributed by atoms with van der Waals surface area (Å²) >= 11 is 0. The first-order valence-electron chi connectivity index (χ1n) is 5.63. The number of hydrogen-bond donors (Lipinski definition) is 1. The maximum Gasteiger partial charge on any atom is 0.345 e. The van der Waals surface area contributed by atoms with Crippen LogP contribution in [0.2, 0.25) is 0 Å². The summed E-state index contributed by atoms with van der Waals surface area (Å²) in [6.07, 6.45) is 1.77. The van der Waals surface area contributed by atoms with Gasteiger partial charge < -0.3 is 9.55 Å². The zero-order valence-electron chi connectivity index (χ0n) is 10.1. The number of rotatable bonds is 1. The summed E-state index contributed by atoms with van der Waals surface area (Å²) in [5.41, 5.74) is 3.99. The molecule has 5 heteroatoms. The topological polar surface area (TPSA) is 63.6 Å². The van der Waals surface area contributed by atoms with Crippen molar-refractivity contribution in [3.8, 4) is 11.3 Å². The number of aromatic nitrogens is 4. The fourth-order valence-electron chi connectivity index (χ4n) is 2.02. The highest BCUT2D eigenvalue weighted by Crippen LogP contribution is 2.21. The Morgan fingerprint density at radius 1 is 1.28 bits per heavy atom. The van der Waals surface area contributed by atoms with Crippen molar-refractivity contribution in [2.75, 3.05) is 0 Å². The van der Waals surface area contributed by atoms with Crippen LogP contribution in [0.15, 0.2) is 35.4 Å². The van der Waals surface area contributed by atoms with Crippen LogP contribution in [0.3, 0.4) is 0 Å². The van der Waals surface area contributed by atoms with Gasteiger partial charge in [0.15, 0.2) is 0 Å². The van der Waals surface area contributed by atoms with Gasteiger partial charge in [-0.15, -0.1) is 0 Å². The second-order valence-electron chi connectivity index (χ2n) is 4.31. The van der Waals surface area contributed by atoms with Crippen molar-refractivity contribution < 1.29 is 0 Å². The van der Waals surface area contributed by atoms with Gasteiger partial charge in [0, 0.05) is 18.3 Å². The van der Waals surface area contributed by atoms with Gasteiger partial charge in [-0.2, -0.15) is 4.98 Å². The summed E-state index contributed by atoms with van der Waals surface area (Å²) in [4.78, 5) is 22.3. The van der Waals surface area contributed by atoms with Gasteiger partial charge in [-0.1, -0.05) is 6.07 Å². The Bertz CT molecular complexity index is 785. The molecule has 0 bridgehead atoms. The molecule has 0 saturated carbocycles. The molecular weight excluding hydrogens is 228 g/mol. The minimum atomic E-state index is -0.328. The lowest BCUT2D eigenvalue weighted by atomic mass is 10.1. The van der Waals surface area contributed by atoms with Crippen LogP contribution in [-0.2, 0) is 7.05 Å². The largest absolute Gasteiger partial charge is 0.345 e. The molecule has 0 radical (unpaired) electrons. The molecule has 0 aliphatic rings. The number of benzene rings is 1.